The third-order valence-corrected chi connectivity index (χ3v) is 4.36. The first-order valence-corrected chi connectivity index (χ1v) is 8.24. The molecule has 1 aromatic heterocycles. The number of carbonyl (C=O) groups is 1. The first kappa shape index (κ1) is 17.6. The van der Waals surface area contributed by atoms with Crippen LogP contribution in [-0.2, 0) is 4.79 Å². The summed E-state index contributed by atoms with van der Waals surface area (Å²) in [6.45, 7) is 0. The van der Waals surface area contributed by atoms with E-state index in [9.17, 15) is 4.79 Å². The van der Waals surface area contributed by atoms with E-state index >= 15 is 0 Å². The lowest BCUT2D eigenvalue weighted by Gasteiger charge is -2.14. The minimum Gasteiger partial charge on any atom is -0.497 e. The van der Waals surface area contributed by atoms with Crippen LogP contribution in [0.3, 0.4) is 0 Å². The maximum Gasteiger partial charge on any atom is 0.306 e. The van der Waals surface area contributed by atoms with E-state index in [0.717, 1.165) is 17.9 Å². The lowest BCUT2D eigenvalue weighted by atomic mass is 10.1. The molecule has 0 amide bonds. The highest BCUT2D eigenvalue weighted by atomic mass is 16.5. The third-order valence-electron chi connectivity index (χ3n) is 4.36. The van der Waals surface area contributed by atoms with Crippen molar-refractivity contribution in [2.75, 3.05) is 17.7 Å². The first-order valence-electron chi connectivity index (χ1n) is 8.24. The maximum atomic E-state index is 11.1. The normalized spacial score (nSPS) is 19.0. The average Bonchev–Trinajstić information content (AvgIpc) is 3.11. The summed E-state index contributed by atoms with van der Waals surface area (Å²) >= 11 is 0. The summed E-state index contributed by atoms with van der Waals surface area (Å²) in [6, 6.07) is 7.30. The number of benzene rings is 1. The Balaban J connectivity index is 1.73. The molecule has 1 aliphatic rings. The fourth-order valence-electron chi connectivity index (χ4n) is 2.95. The number of aliphatic carboxylic acids is 1. The summed E-state index contributed by atoms with van der Waals surface area (Å²) in [5.74, 6) is 0.424. The Morgan fingerprint density at radius 1 is 1.35 bits per heavy atom. The third kappa shape index (κ3) is 4.05. The number of carboxylic acid groups (broad SMARTS) is 1. The number of aromatic nitrogens is 2. The van der Waals surface area contributed by atoms with Gasteiger partial charge in [0.15, 0.2) is 5.82 Å². The molecule has 0 aliphatic heterocycles. The van der Waals surface area contributed by atoms with E-state index < -0.39 is 5.97 Å². The Labute approximate surface area is 150 Å². The molecule has 0 unspecified atom stereocenters. The molecular weight excluding hydrogens is 336 g/mol. The van der Waals surface area contributed by atoms with Crippen molar-refractivity contribution in [1.82, 2.24) is 9.97 Å². The maximum absolute atomic E-state index is 11.1. The Kier molecular flexibility index (Phi) is 5.26. The van der Waals surface area contributed by atoms with E-state index in [1.165, 1.54) is 6.20 Å². The zero-order chi connectivity index (χ0) is 18.5. The number of hydrogen-bond donors (Lipinski definition) is 4. The number of nitrogens with zero attached hydrogens (tertiary/aromatic N) is 3. The predicted octanol–water partition coefficient (Wildman–Crippen LogP) is 3.56. The monoisotopic (exact) mass is 356 g/mol. The molecule has 0 bridgehead atoms. The van der Waals surface area contributed by atoms with Crippen molar-refractivity contribution < 1.29 is 14.6 Å². The minimum absolute atomic E-state index is 0.0173. The molecule has 4 N–H and O–H groups in total. The van der Waals surface area contributed by atoms with E-state index in [-0.39, 0.29) is 12.0 Å². The molecule has 0 radical (unpaired) electrons. The standard InChI is InChI=1S/C17H20N6O3/c1-26-13-6-4-11(5-7-13)20-15-14(23-18)9-19-17(22-15)21-12-3-2-10(8-12)16(24)25/h4-7,9-10,12,18H,2-3,8H2,1H3,(H,24,25)(H2,19,20,21,22)/t10-,12+/m0/s1. The lowest BCUT2D eigenvalue weighted by Crippen LogP contribution is -2.19. The van der Waals surface area contributed by atoms with Crippen LogP contribution in [-0.4, -0.2) is 34.2 Å². The molecule has 1 fully saturated rings. The highest BCUT2D eigenvalue weighted by Crippen LogP contribution is 2.30. The summed E-state index contributed by atoms with van der Waals surface area (Å²) in [4.78, 5) is 19.6. The van der Waals surface area contributed by atoms with Gasteiger partial charge in [-0.25, -0.2) is 10.5 Å². The molecule has 0 spiro atoms. The smallest absolute Gasteiger partial charge is 0.306 e. The van der Waals surface area contributed by atoms with Gasteiger partial charge in [0.05, 0.1) is 19.2 Å². The Hall–Kier alpha value is -3.23. The highest BCUT2D eigenvalue weighted by molar-refractivity contribution is 5.71. The van der Waals surface area contributed by atoms with Crippen molar-refractivity contribution >= 4 is 29.1 Å². The second kappa shape index (κ2) is 7.77. The quantitative estimate of drug-likeness (QED) is 0.557. The average molecular weight is 356 g/mol. The van der Waals surface area contributed by atoms with Crippen molar-refractivity contribution in [3.05, 3.63) is 30.5 Å². The first-order chi connectivity index (χ1) is 12.6. The van der Waals surface area contributed by atoms with Crippen LogP contribution in [0.15, 0.2) is 35.6 Å². The van der Waals surface area contributed by atoms with Gasteiger partial charge < -0.3 is 20.5 Å². The van der Waals surface area contributed by atoms with Crippen LogP contribution in [0.25, 0.3) is 0 Å². The topological polar surface area (TPSA) is 133 Å². The number of carboxylic acids is 1. The Morgan fingerprint density at radius 2 is 2.12 bits per heavy atom. The van der Waals surface area contributed by atoms with Gasteiger partial charge in [-0.15, -0.1) is 0 Å². The summed E-state index contributed by atoms with van der Waals surface area (Å²) < 4.78 is 5.13. The summed E-state index contributed by atoms with van der Waals surface area (Å²) in [6.07, 6.45) is 3.40. The van der Waals surface area contributed by atoms with E-state index in [0.29, 0.717) is 30.3 Å². The molecule has 1 saturated carbocycles. The lowest BCUT2D eigenvalue weighted by molar-refractivity contribution is -0.141. The van der Waals surface area contributed by atoms with Crippen LogP contribution in [0.4, 0.5) is 23.1 Å². The molecule has 136 valence electrons. The van der Waals surface area contributed by atoms with Crippen molar-refractivity contribution in [2.24, 2.45) is 11.0 Å². The second-order valence-electron chi connectivity index (χ2n) is 6.08. The van der Waals surface area contributed by atoms with Crippen LogP contribution < -0.4 is 15.4 Å². The fourth-order valence-corrected chi connectivity index (χ4v) is 2.95. The van der Waals surface area contributed by atoms with E-state index in [2.05, 4.69) is 25.7 Å². The molecule has 0 saturated heterocycles. The molecule has 2 atom stereocenters. The van der Waals surface area contributed by atoms with Crippen LogP contribution in [0.2, 0.25) is 0 Å². The van der Waals surface area contributed by atoms with Crippen molar-refractivity contribution in [2.45, 2.75) is 25.3 Å². The van der Waals surface area contributed by atoms with Crippen LogP contribution in [0.5, 0.6) is 5.75 Å². The van der Waals surface area contributed by atoms with Crippen molar-refractivity contribution in [3.8, 4) is 5.75 Å². The zero-order valence-electron chi connectivity index (χ0n) is 14.3. The number of rotatable bonds is 7. The van der Waals surface area contributed by atoms with Crippen molar-refractivity contribution in [3.63, 3.8) is 0 Å². The van der Waals surface area contributed by atoms with Gasteiger partial charge in [-0.2, -0.15) is 10.1 Å². The molecule has 1 heterocycles. The molecule has 9 heteroatoms. The van der Waals surface area contributed by atoms with Gasteiger partial charge in [-0.3, -0.25) is 4.79 Å². The van der Waals surface area contributed by atoms with Crippen LogP contribution in [0.1, 0.15) is 19.3 Å². The number of nitrogens with one attached hydrogen (secondary N) is 3. The Bertz CT molecular complexity index is 796. The van der Waals surface area contributed by atoms with E-state index in [4.69, 9.17) is 15.4 Å². The van der Waals surface area contributed by atoms with Gasteiger partial charge in [0.2, 0.25) is 5.95 Å². The van der Waals surface area contributed by atoms with Gasteiger partial charge in [0.1, 0.15) is 11.4 Å². The van der Waals surface area contributed by atoms with Crippen LogP contribution in [0, 0.1) is 11.4 Å². The Morgan fingerprint density at radius 3 is 2.73 bits per heavy atom. The van der Waals surface area contributed by atoms with Gasteiger partial charge in [0.25, 0.3) is 0 Å². The van der Waals surface area contributed by atoms with Gasteiger partial charge in [-0.1, -0.05) is 0 Å². The van der Waals surface area contributed by atoms with Gasteiger partial charge in [-0.05, 0) is 43.5 Å². The molecular formula is C17H20N6O3. The molecule has 1 aromatic carbocycles. The fraction of sp³-hybridized carbons (Fsp3) is 0.353. The summed E-state index contributed by atoms with van der Waals surface area (Å²) in [5.41, 5.74) is 8.36. The van der Waals surface area contributed by atoms with Crippen molar-refractivity contribution in [1.29, 1.82) is 5.53 Å². The molecule has 9 nitrogen and oxygen atoms in total. The van der Waals surface area contributed by atoms with E-state index in [1.807, 2.05) is 24.3 Å². The molecule has 3 rings (SSSR count). The molecule has 1 aliphatic carbocycles. The summed E-state index contributed by atoms with van der Waals surface area (Å²) in [5, 5.41) is 18.8. The number of methoxy groups -OCH3 is 1. The minimum atomic E-state index is -0.763. The molecule has 26 heavy (non-hydrogen) atoms. The highest BCUT2D eigenvalue weighted by Gasteiger charge is 2.30. The molecule has 2 aromatic rings. The SMILES string of the molecule is COc1ccc(Nc2nc(N[C@@H]3CC[C@H](C(=O)O)C3)ncc2N=N)cc1. The second-order valence-corrected chi connectivity index (χ2v) is 6.08. The summed E-state index contributed by atoms with van der Waals surface area (Å²) in [7, 11) is 1.60. The number of hydrogen-bond acceptors (Lipinski definition) is 8. The largest absolute Gasteiger partial charge is 0.497 e. The zero-order valence-corrected chi connectivity index (χ0v) is 14.3. The van der Waals surface area contributed by atoms with Crippen LogP contribution >= 0.6 is 0 Å². The van der Waals surface area contributed by atoms with Gasteiger partial charge >= 0.3 is 5.97 Å². The van der Waals surface area contributed by atoms with Gasteiger partial charge in [0, 0.05) is 11.7 Å². The van der Waals surface area contributed by atoms with E-state index in [1.54, 1.807) is 7.11 Å². The number of ether oxygens (including phenoxy) is 1. The predicted molar refractivity (Wildman–Crippen MR) is 95.5 cm³/mol. The number of anilines is 3.